The van der Waals surface area contributed by atoms with Gasteiger partial charge in [0.1, 0.15) is 0 Å². The molecule has 0 aliphatic carbocycles. The molecule has 1 heterocycles. The second-order valence-electron chi connectivity index (χ2n) is 3.08. The molecule has 0 bridgehead atoms. The van der Waals surface area contributed by atoms with Gasteiger partial charge in [-0.25, -0.2) is 9.97 Å². The summed E-state index contributed by atoms with van der Waals surface area (Å²) in [6.45, 7) is 0. The molecule has 0 unspecified atom stereocenters. The average Bonchev–Trinajstić information content (AvgIpc) is 2.32. The lowest BCUT2D eigenvalue weighted by Crippen LogP contribution is -1.96. The molecule has 0 saturated heterocycles. The Hall–Kier alpha value is -0.820. The topological polar surface area (TPSA) is 37.8 Å². The molecule has 0 aliphatic rings. The molecule has 1 aromatic carbocycles. The van der Waals surface area contributed by atoms with Crippen LogP contribution >= 0.6 is 34.4 Å². The Bertz CT molecular complexity index is 473. The lowest BCUT2D eigenvalue weighted by atomic mass is 10.3. The summed E-state index contributed by atoms with van der Waals surface area (Å²) >= 11 is 3.90. The van der Waals surface area contributed by atoms with E-state index in [0.29, 0.717) is 5.95 Å². The number of hydrogen-bond donors (Lipinski definition) is 1. The minimum absolute atomic E-state index is 0.624. The van der Waals surface area contributed by atoms with E-state index in [1.807, 2.05) is 12.1 Å². The summed E-state index contributed by atoms with van der Waals surface area (Å²) in [5, 5.41) is 3.17. The number of nitrogens with one attached hydrogen (secondary N) is 1. The van der Waals surface area contributed by atoms with E-state index in [4.69, 9.17) is 0 Å². The molecule has 0 amide bonds. The lowest BCUT2D eigenvalue weighted by Gasteiger charge is -2.05. The Balaban J connectivity index is 2.16. The van der Waals surface area contributed by atoms with Crippen molar-refractivity contribution in [1.29, 1.82) is 0 Å². The molecule has 1 N–H and O–H groups in total. The van der Waals surface area contributed by atoms with Crippen LogP contribution in [0.3, 0.4) is 0 Å². The van der Waals surface area contributed by atoms with Crippen molar-refractivity contribution in [3.63, 3.8) is 0 Å². The van der Waals surface area contributed by atoms with Crippen LogP contribution in [0.4, 0.5) is 11.6 Å². The van der Waals surface area contributed by atoms with Gasteiger partial charge in [0.25, 0.3) is 0 Å². The Morgan fingerprint density at radius 1 is 1.25 bits per heavy atom. The molecular weight excluding hydrogens is 333 g/mol. The van der Waals surface area contributed by atoms with Crippen LogP contribution in [0.2, 0.25) is 0 Å². The largest absolute Gasteiger partial charge is 0.324 e. The van der Waals surface area contributed by atoms with Gasteiger partial charge in [-0.15, -0.1) is 11.8 Å². The monoisotopic (exact) mass is 343 g/mol. The molecule has 82 valence electrons. The number of thioether (sulfide) groups is 1. The molecule has 5 heteroatoms. The SMILES string of the molecule is CSc1cccc(Nc2ncc(I)cn2)c1. The van der Waals surface area contributed by atoms with Gasteiger partial charge in [0.2, 0.25) is 5.95 Å². The molecule has 0 fully saturated rings. The van der Waals surface area contributed by atoms with Gasteiger partial charge in [0.15, 0.2) is 0 Å². The first-order valence-electron chi connectivity index (χ1n) is 4.66. The van der Waals surface area contributed by atoms with E-state index in [0.717, 1.165) is 9.26 Å². The third kappa shape index (κ3) is 3.08. The van der Waals surface area contributed by atoms with E-state index in [9.17, 15) is 0 Å². The molecule has 0 spiro atoms. The van der Waals surface area contributed by atoms with Crippen LogP contribution in [-0.4, -0.2) is 16.2 Å². The third-order valence-electron chi connectivity index (χ3n) is 1.95. The molecule has 3 nitrogen and oxygen atoms in total. The molecule has 2 aromatic rings. The highest BCUT2D eigenvalue weighted by Crippen LogP contribution is 2.20. The molecule has 2 rings (SSSR count). The molecular formula is C11H10IN3S. The van der Waals surface area contributed by atoms with E-state index < -0.39 is 0 Å². The fourth-order valence-electron chi connectivity index (χ4n) is 1.21. The third-order valence-corrected chi connectivity index (χ3v) is 3.23. The smallest absolute Gasteiger partial charge is 0.227 e. The number of rotatable bonds is 3. The minimum Gasteiger partial charge on any atom is -0.324 e. The first-order chi connectivity index (χ1) is 7.78. The summed E-state index contributed by atoms with van der Waals surface area (Å²) in [5.41, 5.74) is 1.01. The molecule has 0 atom stereocenters. The Kier molecular flexibility index (Phi) is 4.00. The summed E-state index contributed by atoms with van der Waals surface area (Å²) in [7, 11) is 0. The second-order valence-corrected chi connectivity index (χ2v) is 5.21. The summed E-state index contributed by atoms with van der Waals surface area (Å²) in [4.78, 5) is 9.60. The van der Waals surface area contributed by atoms with Gasteiger partial charge in [-0.1, -0.05) is 6.07 Å². The van der Waals surface area contributed by atoms with E-state index >= 15 is 0 Å². The number of anilines is 2. The van der Waals surface area contributed by atoms with Gasteiger partial charge in [-0.05, 0) is 47.0 Å². The highest BCUT2D eigenvalue weighted by molar-refractivity contribution is 14.1. The maximum Gasteiger partial charge on any atom is 0.227 e. The molecule has 0 radical (unpaired) electrons. The number of halogens is 1. The quantitative estimate of drug-likeness (QED) is 0.683. The van der Waals surface area contributed by atoms with Crippen molar-refractivity contribution in [3.8, 4) is 0 Å². The summed E-state index contributed by atoms with van der Waals surface area (Å²) in [6, 6.07) is 8.17. The predicted octanol–water partition coefficient (Wildman–Crippen LogP) is 3.55. The number of benzene rings is 1. The van der Waals surface area contributed by atoms with Gasteiger partial charge in [0, 0.05) is 26.5 Å². The summed E-state index contributed by atoms with van der Waals surface area (Å²) < 4.78 is 1.03. The van der Waals surface area contributed by atoms with Crippen molar-refractivity contribution in [2.75, 3.05) is 11.6 Å². The predicted molar refractivity (Wildman–Crippen MR) is 76.3 cm³/mol. The number of nitrogens with zero attached hydrogens (tertiary/aromatic N) is 2. The molecule has 0 aliphatic heterocycles. The highest BCUT2D eigenvalue weighted by Gasteiger charge is 1.98. The molecule has 0 saturated carbocycles. The highest BCUT2D eigenvalue weighted by atomic mass is 127. The zero-order chi connectivity index (χ0) is 11.4. The Morgan fingerprint density at radius 3 is 2.69 bits per heavy atom. The van der Waals surface area contributed by atoms with Crippen molar-refractivity contribution < 1.29 is 0 Å². The van der Waals surface area contributed by atoms with Crippen LogP contribution < -0.4 is 5.32 Å². The fraction of sp³-hybridized carbons (Fsp3) is 0.0909. The van der Waals surface area contributed by atoms with Crippen LogP contribution in [0.1, 0.15) is 0 Å². The van der Waals surface area contributed by atoms with Crippen LogP contribution in [-0.2, 0) is 0 Å². The summed E-state index contributed by atoms with van der Waals surface area (Å²) in [6.07, 6.45) is 5.63. The first kappa shape index (κ1) is 11.7. The Morgan fingerprint density at radius 2 is 2.00 bits per heavy atom. The zero-order valence-electron chi connectivity index (χ0n) is 8.64. The van der Waals surface area contributed by atoms with E-state index in [-0.39, 0.29) is 0 Å². The van der Waals surface area contributed by atoms with Gasteiger partial charge in [-0.3, -0.25) is 0 Å². The van der Waals surface area contributed by atoms with E-state index in [1.165, 1.54) is 4.90 Å². The van der Waals surface area contributed by atoms with Crippen molar-refractivity contribution in [1.82, 2.24) is 9.97 Å². The van der Waals surface area contributed by atoms with Crippen LogP contribution in [0, 0.1) is 3.57 Å². The van der Waals surface area contributed by atoms with Gasteiger partial charge in [-0.2, -0.15) is 0 Å². The fourth-order valence-corrected chi connectivity index (χ4v) is 1.94. The standard InChI is InChI=1S/C11H10IN3S/c1-16-10-4-2-3-9(5-10)15-11-13-6-8(12)7-14-11/h2-7H,1H3,(H,13,14,15). The van der Waals surface area contributed by atoms with Crippen LogP contribution in [0.15, 0.2) is 41.6 Å². The summed E-state index contributed by atoms with van der Waals surface area (Å²) in [5.74, 6) is 0.624. The minimum atomic E-state index is 0.624. The Labute approximate surface area is 112 Å². The van der Waals surface area contributed by atoms with E-state index in [2.05, 4.69) is 56.3 Å². The number of hydrogen-bond acceptors (Lipinski definition) is 4. The van der Waals surface area contributed by atoms with Crippen LogP contribution in [0.25, 0.3) is 0 Å². The zero-order valence-corrected chi connectivity index (χ0v) is 11.6. The van der Waals surface area contributed by atoms with Crippen molar-refractivity contribution in [2.24, 2.45) is 0 Å². The molecule has 16 heavy (non-hydrogen) atoms. The van der Waals surface area contributed by atoms with Crippen molar-refractivity contribution in [3.05, 3.63) is 40.2 Å². The van der Waals surface area contributed by atoms with Crippen LogP contribution in [0.5, 0.6) is 0 Å². The maximum absolute atomic E-state index is 4.19. The normalized spacial score (nSPS) is 10.1. The van der Waals surface area contributed by atoms with Gasteiger partial charge >= 0.3 is 0 Å². The lowest BCUT2D eigenvalue weighted by molar-refractivity contribution is 1.15. The van der Waals surface area contributed by atoms with E-state index in [1.54, 1.807) is 24.2 Å². The second kappa shape index (κ2) is 5.49. The van der Waals surface area contributed by atoms with Gasteiger partial charge in [0.05, 0.1) is 0 Å². The maximum atomic E-state index is 4.19. The average molecular weight is 343 g/mol. The molecule has 1 aromatic heterocycles. The van der Waals surface area contributed by atoms with Crippen molar-refractivity contribution in [2.45, 2.75) is 4.90 Å². The first-order valence-corrected chi connectivity index (χ1v) is 6.97. The van der Waals surface area contributed by atoms with Crippen molar-refractivity contribution >= 4 is 46.0 Å². The van der Waals surface area contributed by atoms with Gasteiger partial charge < -0.3 is 5.32 Å². The number of aromatic nitrogens is 2.